The molecule has 26 heavy (non-hydrogen) atoms. The first-order valence-corrected chi connectivity index (χ1v) is 9.63. The van der Waals surface area contributed by atoms with Crippen LogP contribution >= 0.6 is 0 Å². The molecular weight excluding hydrogens is 336 g/mol. The maximum atomic E-state index is 12.3. The number of methoxy groups -OCH3 is 1. The Bertz CT molecular complexity index is 426. The van der Waals surface area contributed by atoms with Crippen molar-refractivity contribution < 1.29 is 23.9 Å². The van der Waals surface area contributed by atoms with Crippen molar-refractivity contribution in [1.82, 2.24) is 10.6 Å². The molecule has 0 saturated carbocycles. The predicted octanol–water partition coefficient (Wildman–Crippen LogP) is 3.17. The third kappa shape index (κ3) is 11.7. The number of hydrogen-bond donors (Lipinski definition) is 2. The zero-order valence-corrected chi connectivity index (χ0v) is 16.9. The Balaban J connectivity index is 4.25. The second kappa shape index (κ2) is 14.4. The molecule has 2 unspecified atom stereocenters. The average Bonchev–Trinajstić information content (AvgIpc) is 2.59. The molecule has 2 atom stereocenters. The molecule has 0 aliphatic rings. The Kier molecular flexibility index (Phi) is 13.4. The molecule has 0 radical (unpaired) electrons. The molecule has 7 nitrogen and oxygen atoms in total. The number of esters is 1. The highest BCUT2D eigenvalue weighted by Crippen LogP contribution is 2.07. The molecule has 0 saturated heterocycles. The molecule has 0 heterocycles. The number of ether oxygens (including phenoxy) is 2. The summed E-state index contributed by atoms with van der Waals surface area (Å²) in [6.07, 6.45) is 6.43. The second-order valence-electron chi connectivity index (χ2n) is 6.98. The maximum Gasteiger partial charge on any atom is 0.407 e. The number of carbonyl (C=O) groups excluding carboxylic acids is 3. The molecule has 152 valence electrons. The summed E-state index contributed by atoms with van der Waals surface area (Å²) in [4.78, 5) is 35.7. The molecular formula is C19H36N2O5. The normalized spacial score (nSPS) is 13.0. The summed E-state index contributed by atoms with van der Waals surface area (Å²) in [5.41, 5.74) is 0. The first-order valence-electron chi connectivity index (χ1n) is 9.63. The van der Waals surface area contributed by atoms with E-state index in [1.165, 1.54) is 26.4 Å². The maximum absolute atomic E-state index is 12.3. The number of hydrogen-bond acceptors (Lipinski definition) is 5. The van der Waals surface area contributed by atoms with Crippen LogP contribution in [0.2, 0.25) is 0 Å². The number of rotatable bonds is 13. The minimum atomic E-state index is -0.767. The zero-order valence-electron chi connectivity index (χ0n) is 16.9. The van der Waals surface area contributed by atoms with Crippen molar-refractivity contribution in [1.29, 1.82) is 0 Å². The van der Waals surface area contributed by atoms with Gasteiger partial charge in [-0.05, 0) is 25.7 Å². The molecule has 0 aliphatic heterocycles. The lowest BCUT2D eigenvalue weighted by Gasteiger charge is -2.21. The molecule has 0 aromatic heterocycles. The molecule has 0 fully saturated rings. The summed E-state index contributed by atoms with van der Waals surface area (Å²) in [5.74, 6) is -0.695. The first kappa shape index (κ1) is 24.2. The summed E-state index contributed by atoms with van der Waals surface area (Å²) < 4.78 is 9.75. The topological polar surface area (TPSA) is 93.7 Å². The largest absolute Gasteiger partial charge is 0.464 e. The van der Waals surface area contributed by atoms with Gasteiger partial charge in [-0.1, -0.05) is 52.9 Å². The van der Waals surface area contributed by atoms with Crippen LogP contribution in [0.15, 0.2) is 0 Å². The standard InChI is InChI=1S/C19H36N2O5/c1-6-7-8-9-10-11-12-26-18(23)15(4)20-17(22)16(13-14(2)3)21-19(24)25-5/h14-16H,6-13H2,1-5H3,(H,20,22)(H,21,24). The lowest BCUT2D eigenvalue weighted by atomic mass is 10.0. The summed E-state index contributed by atoms with van der Waals surface area (Å²) in [6.45, 7) is 7.99. The van der Waals surface area contributed by atoms with Gasteiger partial charge in [0.25, 0.3) is 0 Å². The Morgan fingerprint density at radius 3 is 2.12 bits per heavy atom. The van der Waals surface area contributed by atoms with Gasteiger partial charge in [0, 0.05) is 0 Å². The van der Waals surface area contributed by atoms with E-state index in [4.69, 9.17) is 4.74 Å². The third-order valence-electron chi connectivity index (χ3n) is 3.96. The van der Waals surface area contributed by atoms with Crippen molar-refractivity contribution in [2.45, 2.75) is 84.7 Å². The van der Waals surface area contributed by atoms with Gasteiger partial charge < -0.3 is 20.1 Å². The van der Waals surface area contributed by atoms with Gasteiger partial charge in [0.05, 0.1) is 13.7 Å². The smallest absolute Gasteiger partial charge is 0.407 e. The lowest BCUT2D eigenvalue weighted by molar-refractivity contribution is -0.147. The van der Waals surface area contributed by atoms with Crippen LogP contribution in [0.3, 0.4) is 0 Å². The van der Waals surface area contributed by atoms with E-state index in [-0.39, 0.29) is 5.92 Å². The zero-order chi connectivity index (χ0) is 19.9. The van der Waals surface area contributed by atoms with E-state index < -0.39 is 30.1 Å². The van der Waals surface area contributed by atoms with Crippen molar-refractivity contribution in [2.75, 3.05) is 13.7 Å². The van der Waals surface area contributed by atoms with Crippen LogP contribution in [-0.4, -0.2) is 43.8 Å². The first-order chi connectivity index (χ1) is 12.3. The van der Waals surface area contributed by atoms with Gasteiger partial charge in [-0.25, -0.2) is 9.59 Å². The number of amides is 2. The van der Waals surface area contributed by atoms with Gasteiger partial charge in [-0.3, -0.25) is 4.79 Å². The van der Waals surface area contributed by atoms with Crippen LogP contribution in [0, 0.1) is 5.92 Å². The van der Waals surface area contributed by atoms with E-state index in [9.17, 15) is 14.4 Å². The van der Waals surface area contributed by atoms with E-state index in [1.807, 2.05) is 13.8 Å². The molecule has 2 amide bonds. The van der Waals surface area contributed by atoms with E-state index >= 15 is 0 Å². The van der Waals surface area contributed by atoms with Crippen LogP contribution in [0.4, 0.5) is 4.79 Å². The van der Waals surface area contributed by atoms with Crippen LogP contribution < -0.4 is 10.6 Å². The van der Waals surface area contributed by atoms with Crippen LogP contribution in [-0.2, 0) is 19.1 Å². The fourth-order valence-electron chi connectivity index (χ4n) is 2.46. The minimum absolute atomic E-state index is 0.192. The lowest BCUT2D eigenvalue weighted by Crippen LogP contribution is -2.51. The highest BCUT2D eigenvalue weighted by Gasteiger charge is 2.25. The second-order valence-corrected chi connectivity index (χ2v) is 6.98. The van der Waals surface area contributed by atoms with Crippen molar-refractivity contribution in [3.05, 3.63) is 0 Å². The predicted molar refractivity (Wildman–Crippen MR) is 101 cm³/mol. The SMILES string of the molecule is CCCCCCCCOC(=O)C(C)NC(=O)C(CC(C)C)NC(=O)OC. The molecule has 2 N–H and O–H groups in total. The molecule has 0 aliphatic carbocycles. The highest BCUT2D eigenvalue weighted by atomic mass is 16.5. The Morgan fingerprint density at radius 2 is 1.54 bits per heavy atom. The number of alkyl carbamates (subject to hydrolysis) is 1. The van der Waals surface area contributed by atoms with E-state index in [2.05, 4.69) is 22.3 Å². The summed E-state index contributed by atoms with van der Waals surface area (Å²) in [5, 5.41) is 5.09. The highest BCUT2D eigenvalue weighted by molar-refractivity contribution is 5.89. The van der Waals surface area contributed by atoms with Crippen molar-refractivity contribution in [3.63, 3.8) is 0 Å². The van der Waals surface area contributed by atoms with E-state index in [1.54, 1.807) is 6.92 Å². The fraction of sp³-hybridized carbons (Fsp3) is 0.842. The summed E-state index contributed by atoms with van der Waals surface area (Å²) in [7, 11) is 1.24. The fourth-order valence-corrected chi connectivity index (χ4v) is 2.46. The Morgan fingerprint density at radius 1 is 0.923 bits per heavy atom. The molecule has 0 spiro atoms. The Hall–Kier alpha value is -1.79. The monoisotopic (exact) mass is 372 g/mol. The van der Waals surface area contributed by atoms with Crippen molar-refractivity contribution in [2.24, 2.45) is 5.92 Å². The average molecular weight is 373 g/mol. The number of carbonyl (C=O) groups is 3. The molecule has 0 rings (SSSR count). The molecule has 0 aromatic rings. The van der Waals surface area contributed by atoms with Gasteiger partial charge in [0.2, 0.25) is 5.91 Å². The van der Waals surface area contributed by atoms with Gasteiger partial charge in [0.1, 0.15) is 12.1 Å². The number of nitrogens with one attached hydrogen (secondary N) is 2. The third-order valence-corrected chi connectivity index (χ3v) is 3.96. The quantitative estimate of drug-likeness (QED) is 0.382. The molecule has 7 heteroatoms. The Labute approximate surface area is 157 Å². The number of unbranched alkanes of at least 4 members (excludes halogenated alkanes) is 5. The summed E-state index contributed by atoms with van der Waals surface area (Å²) in [6, 6.07) is -1.52. The van der Waals surface area contributed by atoms with E-state index in [0.29, 0.717) is 13.0 Å². The van der Waals surface area contributed by atoms with Gasteiger partial charge in [-0.15, -0.1) is 0 Å². The van der Waals surface area contributed by atoms with Crippen LogP contribution in [0.5, 0.6) is 0 Å². The van der Waals surface area contributed by atoms with E-state index in [0.717, 1.165) is 19.3 Å². The van der Waals surface area contributed by atoms with Crippen molar-refractivity contribution in [3.8, 4) is 0 Å². The minimum Gasteiger partial charge on any atom is -0.464 e. The molecule has 0 aromatic carbocycles. The van der Waals surface area contributed by atoms with Gasteiger partial charge in [0.15, 0.2) is 0 Å². The van der Waals surface area contributed by atoms with Crippen LogP contribution in [0.1, 0.15) is 72.6 Å². The van der Waals surface area contributed by atoms with Crippen LogP contribution in [0.25, 0.3) is 0 Å². The molecule has 0 bridgehead atoms. The van der Waals surface area contributed by atoms with Gasteiger partial charge in [-0.2, -0.15) is 0 Å². The van der Waals surface area contributed by atoms with Crippen molar-refractivity contribution >= 4 is 18.0 Å². The van der Waals surface area contributed by atoms with Gasteiger partial charge >= 0.3 is 12.1 Å². The summed E-state index contributed by atoms with van der Waals surface area (Å²) >= 11 is 0.